The molecule has 0 heterocycles. The first kappa shape index (κ1) is 19.1. The number of hydrogen-bond acceptors (Lipinski definition) is 2. The summed E-state index contributed by atoms with van der Waals surface area (Å²) in [6.45, 7) is 1.79. The maximum atomic E-state index is 14.1. The number of aromatic hydroxyl groups is 1. The molecular weight excluding hydrogens is 346 g/mol. The van der Waals surface area contributed by atoms with E-state index in [2.05, 4.69) is 6.08 Å². The zero-order chi connectivity index (χ0) is 19.4. The Morgan fingerprint density at radius 3 is 2.48 bits per heavy atom. The first-order valence-electron chi connectivity index (χ1n) is 9.01. The lowest BCUT2D eigenvalue weighted by molar-refractivity contribution is 0.182. The second-order valence-electron chi connectivity index (χ2n) is 6.76. The molecule has 0 saturated heterocycles. The van der Waals surface area contributed by atoms with E-state index in [1.54, 1.807) is 19.1 Å². The Morgan fingerprint density at radius 1 is 0.963 bits per heavy atom. The van der Waals surface area contributed by atoms with Gasteiger partial charge in [0.05, 0.1) is 6.10 Å². The normalized spacial score (nSPS) is 12.7. The van der Waals surface area contributed by atoms with Crippen LogP contribution in [0.15, 0.2) is 54.6 Å². The van der Waals surface area contributed by atoms with Crippen molar-refractivity contribution < 1.29 is 19.0 Å². The molecule has 3 aromatic carbocycles. The van der Waals surface area contributed by atoms with Crippen LogP contribution in [-0.4, -0.2) is 16.3 Å². The highest BCUT2D eigenvalue weighted by molar-refractivity contribution is 5.89. The highest BCUT2D eigenvalue weighted by atomic mass is 19.2. The molecule has 0 spiro atoms. The predicted octanol–water partition coefficient (Wildman–Crippen LogP) is 6.05. The molecule has 4 heteroatoms. The number of rotatable bonds is 6. The summed E-state index contributed by atoms with van der Waals surface area (Å²) in [6, 6.07) is 13.9. The van der Waals surface area contributed by atoms with Crippen LogP contribution in [0, 0.1) is 11.6 Å². The van der Waals surface area contributed by atoms with E-state index in [4.69, 9.17) is 0 Å². The third kappa shape index (κ3) is 4.52. The summed E-state index contributed by atoms with van der Waals surface area (Å²) < 4.78 is 27.7. The standard InChI is InChI=1S/C23H22F2O2/c1-15(26)5-3-2-4-6-16-7-8-18-14-19(10-9-17(18)13-16)20-11-12-21(27)23(25)22(20)24/h4,6-15,26-27H,2-3,5H2,1H3/b6-4+. The van der Waals surface area contributed by atoms with Crippen molar-refractivity contribution in [1.82, 2.24) is 0 Å². The fourth-order valence-corrected chi connectivity index (χ4v) is 3.05. The van der Waals surface area contributed by atoms with Crippen molar-refractivity contribution in [3.8, 4) is 16.9 Å². The lowest BCUT2D eigenvalue weighted by atomic mass is 9.99. The number of allylic oxidation sites excluding steroid dienone is 1. The van der Waals surface area contributed by atoms with E-state index in [1.165, 1.54) is 6.07 Å². The van der Waals surface area contributed by atoms with Crippen molar-refractivity contribution >= 4 is 16.8 Å². The van der Waals surface area contributed by atoms with Crippen LogP contribution in [0.25, 0.3) is 28.0 Å². The first-order valence-corrected chi connectivity index (χ1v) is 9.01. The second-order valence-corrected chi connectivity index (χ2v) is 6.76. The second kappa shape index (κ2) is 8.31. The van der Waals surface area contributed by atoms with Crippen molar-refractivity contribution in [2.45, 2.75) is 32.3 Å². The number of phenols is 1. The number of benzene rings is 3. The minimum absolute atomic E-state index is 0.120. The van der Waals surface area contributed by atoms with Gasteiger partial charge < -0.3 is 10.2 Å². The quantitative estimate of drug-likeness (QED) is 0.520. The van der Waals surface area contributed by atoms with Gasteiger partial charge in [0.25, 0.3) is 0 Å². The van der Waals surface area contributed by atoms with Crippen LogP contribution in [0.1, 0.15) is 31.7 Å². The van der Waals surface area contributed by atoms with Gasteiger partial charge in [-0.25, -0.2) is 4.39 Å². The van der Waals surface area contributed by atoms with Gasteiger partial charge in [-0.3, -0.25) is 0 Å². The lowest BCUT2D eigenvalue weighted by Gasteiger charge is -2.08. The number of unbranched alkanes of at least 4 members (excludes halogenated alkanes) is 1. The van der Waals surface area contributed by atoms with E-state index in [-0.39, 0.29) is 11.7 Å². The summed E-state index contributed by atoms with van der Waals surface area (Å²) in [5.74, 6) is -2.98. The number of phenolic OH excluding ortho intramolecular Hbond substituents is 1. The predicted molar refractivity (Wildman–Crippen MR) is 106 cm³/mol. The third-order valence-electron chi connectivity index (χ3n) is 4.54. The molecule has 0 aliphatic carbocycles. The van der Waals surface area contributed by atoms with Gasteiger partial charge in [0.1, 0.15) is 0 Å². The molecule has 3 aromatic rings. The molecule has 27 heavy (non-hydrogen) atoms. The van der Waals surface area contributed by atoms with Crippen molar-refractivity contribution in [2.75, 3.05) is 0 Å². The Labute approximate surface area is 157 Å². The number of fused-ring (bicyclic) bond motifs is 1. The zero-order valence-corrected chi connectivity index (χ0v) is 15.1. The summed E-state index contributed by atoms with van der Waals surface area (Å²) in [5, 5.41) is 20.5. The molecule has 2 N–H and O–H groups in total. The molecular formula is C23H22F2O2. The van der Waals surface area contributed by atoms with E-state index in [9.17, 15) is 19.0 Å². The smallest absolute Gasteiger partial charge is 0.200 e. The minimum Gasteiger partial charge on any atom is -0.505 e. The highest BCUT2D eigenvalue weighted by Gasteiger charge is 2.14. The number of aliphatic hydroxyl groups is 1. The van der Waals surface area contributed by atoms with Crippen LogP contribution >= 0.6 is 0 Å². The van der Waals surface area contributed by atoms with Gasteiger partial charge in [-0.1, -0.05) is 36.4 Å². The molecule has 1 atom stereocenters. The largest absolute Gasteiger partial charge is 0.505 e. The van der Waals surface area contributed by atoms with Gasteiger partial charge in [0, 0.05) is 5.56 Å². The van der Waals surface area contributed by atoms with Gasteiger partial charge in [0.15, 0.2) is 11.6 Å². The molecule has 0 bridgehead atoms. The Hall–Kier alpha value is -2.72. The average molecular weight is 368 g/mol. The highest BCUT2D eigenvalue weighted by Crippen LogP contribution is 2.31. The fourth-order valence-electron chi connectivity index (χ4n) is 3.05. The maximum absolute atomic E-state index is 14.1. The first-order chi connectivity index (χ1) is 13.0. The van der Waals surface area contributed by atoms with Crippen molar-refractivity contribution in [3.63, 3.8) is 0 Å². The molecule has 3 rings (SSSR count). The molecule has 140 valence electrons. The lowest BCUT2D eigenvalue weighted by Crippen LogP contribution is -1.97. The Morgan fingerprint density at radius 2 is 1.70 bits per heavy atom. The Bertz CT molecular complexity index is 978. The van der Waals surface area contributed by atoms with E-state index >= 15 is 0 Å². The van der Waals surface area contributed by atoms with E-state index < -0.39 is 17.4 Å². The van der Waals surface area contributed by atoms with E-state index in [0.717, 1.165) is 41.7 Å². The molecule has 0 amide bonds. The molecule has 0 aliphatic rings. The fraction of sp³-hybridized carbons (Fsp3) is 0.217. The summed E-state index contributed by atoms with van der Waals surface area (Å²) >= 11 is 0. The molecule has 2 nitrogen and oxygen atoms in total. The monoisotopic (exact) mass is 368 g/mol. The van der Waals surface area contributed by atoms with Gasteiger partial charge in [-0.05, 0) is 72.4 Å². The molecule has 0 radical (unpaired) electrons. The van der Waals surface area contributed by atoms with Gasteiger partial charge >= 0.3 is 0 Å². The number of aliphatic hydroxyl groups excluding tert-OH is 1. The van der Waals surface area contributed by atoms with Crippen molar-refractivity contribution in [1.29, 1.82) is 0 Å². The average Bonchev–Trinajstić information content (AvgIpc) is 2.65. The Balaban J connectivity index is 1.81. The molecule has 0 aliphatic heterocycles. The minimum atomic E-state index is -1.23. The summed E-state index contributed by atoms with van der Waals surface area (Å²) in [7, 11) is 0. The van der Waals surface area contributed by atoms with Crippen LogP contribution < -0.4 is 0 Å². The number of hydrogen-bond donors (Lipinski definition) is 2. The van der Waals surface area contributed by atoms with Crippen LogP contribution in [-0.2, 0) is 0 Å². The van der Waals surface area contributed by atoms with Gasteiger partial charge in [-0.15, -0.1) is 0 Å². The summed E-state index contributed by atoms with van der Waals surface area (Å²) in [5.41, 5.74) is 1.74. The van der Waals surface area contributed by atoms with Crippen LogP contribution in [0.3, 0.4) is 0 Å². The number of halogens is 2. The Kier molecular flexibility index (Phi) is 5.87. The third-order valence-corrected chi connectivity index (χ3v) is 4.54. The summed E-state index contributed by atoms with van der Waals surface area (Å²) in [4.78, 5) is 0. The van der Waals surface area contributed by atoms with Gasteiger partial charge in [-0.2, -0.15) is 4.39 Å². The van der Waals surface area contributed by atoms with E-state index in [0.29, 0.717) is 5.56 Å². The maximum Gasteiger partial charge on any atom is 0.200 e. The molecule has 0 saturated carbocycles. The topological polar surface area (TPSA) is 40.5 Å². The van der Waals surface area contributed by atoms with Crippen molar-refractivity contribution in [2.24, 2.45) is 0 Å². The van der Waals surface area contributed by atoms with Crippen molar-refractivity contribution in [3.05, 3.63) is 71.8 Å². The van der Waals surface area contributed by atoms with E-state index in [1.807, 2.05) is 30.3 Å². The molecule has 0 aromatic heterocycles. The van der Waals surface area contributed by atoms with Crippen LogP contribution in [0.4, 0.5) is 8.78 Å². The van der Waals surface area contributed by atoms with Crippen LogP contribution in [0.2, 0.25) is 0 Å². The van der Waals surface area contributed by atoms with Gasteiger partial charge in [0.2, 0.25) is 5.82 Å². The van der Waals surface area contributed by atoms with Crippen LogP contribution in [0.5, 0.6) is 5.75 Å². The molecule has 0 fully saturated rings. The zero-order valence-electron chi connectivity index (χ0n) is 15.1. The summed E-state index contributed by atoms with van der Waals surface area (Å²) in [6.07, 6.45) is 6.52. The molecule has 1 unspecified atom stereocenters. The SMILES string of the molecule is CC(O)CCC/C=C/c1ccc2cc(-c3ccc(O)c(F)c3F)ccc2c1.